The van der Waals surface area contributed by atoms with Crippen LogP contribution >= 0.6 is 15.9 Å². The summed E-state index contributed by atoms with van der Waals surface area (Å²) in [6.45, 7) is 2.06. The number of aromatic nitrogens is 2. The molecule has 0 fully saturated rings. The van der Waals surface area contributed by atoms with E-state index in [-0.39, 0.29) is 0 Å². The molecule has 15 heavy (non-hydrogen) atoms. The maximum Gasteiger partial charge on any atom is 0.0920 e. The molecule has 0 aliphatic carbocycles. The van der Waals surface area contributed by atoms with Crippen molar-refractivity contribution in [2.75, 3.05) is 5.73 Å². The number of benzene rings is 1. The van der Waals surface area contributed by atoms with Crippen LogP contribution in [0.25, 0.3) is 11.3 Å². The summed E-state index contributed by atoms with van der Waals surface area (Å²) in [7, 11) is 1.89. The van der Waals surface area contributed by atoms with E-state index < -0.39 is 0 Å². The lowest BCUT2D eigenvalue weighted by Crippen LogP contribution is -1.96. The van der Waals surface area contributed by atoms with Crippen molar-refractivity contribution in [3.05, 3.63) is 34.4 Å². The average molecular weight is 266 g/mol. The molecule has 3 nitrogen and oxygen atoms in total. The third kappa shape index (κ3) is 1.77. The second-order valence-corrected chi connectivity index (χ2v) is 4.41. The fraction of sp³-hybridized carbons (Fsp3) is 0.182. The third-order valence-corrected chi connectivity index (χ3v) is 3.00. The molecule has 2 rings (SSSR count). The normalized spacial score (nSPS) is 10.6. The van der Waals surface area contributed by atoms with Crippen molar-refractivity contribution in [1.82, 2.24) is 9.78 Å². The first kappa shape index (κ1) is 10.2. The minimum absolute atomic E-state index is 0.696. The minimum Gasteiger partial charge on any atom is -0.396 e. The van der Waals surface area contributed by atoms with Crippen molar-refractivity contribution in [2.45, 2.75) is 6.92 Å². The minimum atomic E-state index is 0.696. The quantitative estimate of drug-likeness (QED) is 0.862. The number of anilines is 1. The molecule has 4 heteroatoms. The maximum absolute atomic E-state index is 5.88. The molecule has 0 saturated carbocycles. The highest BCUT2D eigenvalue weighted by Crippen LogP contribution is 2.32. The Bertz CT molecular complexity index is 483. The van der Waals surface area contributed by atoms with Crippen LogP contribution in [0.3, 0.4) is 0 Å². The number of halogens is 1. The summed E-state index contributed by atoms with van der Waals surface area (Å²) in [5.74, 6) is 0. The molecule has 1 heterocycles. The van der Waals surface area contributed by atoms with Crippen molar-refractivity contribution >= 4 is 21.6 Å². The summed E-state index contributed by atoms with van der Waals surface area (Å²) in [5, 5.41) is 4.13. The Morgan fingerprint density at radius 1 is 1.40 bits per heavy atom. The van der Waals surface area contributed by atoms with Gasteiger partial charge in [-0.25, -0.2) is 0 Å². The molecule has 0 aliphatic heterocycles. The van der Waals surface area contributed by atoms with Crippen LogP contribution in [-0.4, -0.2) is 9.78 Å². The van der Waals surface area contributed by atoms with Gasteiger partial charge in [0.25, 0.3) is 0 Å². The standard InChI is InChI=1S/C11H12BrN3/c1-7-3-4-8(9(12)5-7)11-10(13)6-14-15(11)2/h3-6H,13H2,1-2H3. The summed E-state index contributed by atoms with van der Waals surface area (Å²) < 4.78 is 2.82. The fourth-order valence-corrected chi connectivity index (χ4v) is 2.28. The van der Waals surface area contributed by atoms with Gasteiger partial charge in [0, 0.05) is 17.1 Å². The molecule has 0 amide bonds. The molecular weight excluding hydrogens is 254 g/mol. The van der Waals surface area contributed by atoms with E-state index in [2.05, 4.69) is 40.1 Å². The van der Waals surface area contributed by atoms with E-state index in [1.54, 1.807) is 10.9 Å². The van der Waals surface area contributed by atoms with Crippen molar-refractivity contribution in [3.8, 4) is 11.3 Å². The lowest BCUT2D eigenvalue weighted by molar-refractivity contribution is 0.775. The predicted octanol–water partition coefficient (Wildman–Crippen LogP) is 2.74. The molecule has 0 radical (unpaired) electrons. The summed E-state index contributed by atoms with van der Waals surface area (Å²) in [5.41, 5.74) is 9.80. The van der Waals surface area contributed by atoms with Gasteiger partial charge in [-0.3, -0.25) is 4.68 Å². The smallest absolute Gasteiger partial charge is 0.0920 e. The van der Waals surface area contributed by atoms with Crippen LogP contribution in [0.5, 0.6) is 0 Å². The van der Waals surface area contributed by atoms with E-state index in [0.717, 1.165) is 15.7 Å². The van der Waals surface area contributed by atoms with E-state index >= 15 is 0 Å². The van der Waals surface area contributed by atoms with Gasteiger partial charge in [-0.2, -0.15) is 5.10 Å². The van der Waals surface area contributed by atoms with Gasteiger partial charge in [0.2, 0.25) is 0 Å². The Hall–Kier alpha value is -1.29. The Kier molecular flexibility index (Phi) is 2.52. The highest BCUT2D eigenvalue weighted by Gasteiger charge is 2.11. The monoisotopic (exact) mass is 265 g/mol. The summed E-state index contributed by atoms with van der Waals surface area (Å²) in [6.07, 6.45) is 1.67. The highest BCUT2D eigenvalue weighted by molar-refractivity contribution is 9.10. The van der Waals surface area contributed by atoms with Crippen LogP contribution in [0.4, 0.5) is 5.69 Å². The molecule has 0 atom stereocenters. The number of nitrogens with two attached hydrogens (primary N) is 1. The molecular formula is C11H12BrN3. The van der Waals surface area contributed by atoms with Gasteiger partial charge >= 0.3 is 0 Å². The van der Waals surface area contributed by atoms with Gasteiger partial charge in [-0.1, -0.05) is 28.1 Å². The van der Waals surface area contributed by atoms with Gasteiger partial charge in [-0.15, -0.1) is 0 Å². The topological polar surface area (TPSA) is 43.8 Å². The Balaban J connectivity index is 2.64. The molecule has 78 valence electrons. The zero-order chi connectivity index (χ0) is 11.0. The van der Waals surface area contributed by atoms with Crippen LogP contribution in [0.1, 0.15) is 5.56 Å². The Morgan fingerprint density at radius 3 is 2.67 bits per heavy atom. The summed E-state index contributed by atoms with van der Waals surface area (Å²) in [6, 6.07) is 6.18. The average Bonchev–Trinajstić information content (AvgIpc) is 2.48. The first-order chi connectivity index (χ1) is 7.09. The molecule has 0 unspecified atom stereocenters. The molecule has 2 aromatic rings. The van der Waals surface area contributed by atoms with Crippen LogP contribution < -0.4 is 5.73 Å². The largest absolute Gasteiger partial charge is 0.396 e. The number of nitrogens with zero attached hydrogens (tertiary/aromatic N) is 2. The fourth-order valence-electron chi connectivity index (χ4n) is 1.60. The molecule has 2 N–H and O–H groups in total. The lowest BCUT2D eigenvalue weighted by atomic mass is 10.1. The first-order valence-electron chi connectivity index (χ1n) is 4.63. The van der Waals surface area contributed by atoms with Gasteiger partial charge in [0.15, 0.2) is 0 Å². The molecule has 0 saturated heterocycles. The molecule has 1 aromatic carbocycles. The lowest BCUT2D eigenvalue weighted by Gasteiger charge is -2.07. The molecule has 1 aromatic heterocycles. The van der Waals surface area contributed by atoms with Crippen molar-refractivity contribution < 1.29 is 0 Å². The zero-order valence-corrected chi connectivity index (χ0v) is 10.2. The number of aryl methyl sites for hydroxylation is 2. The number of hydrogen-bond donors (Lipinski definition) is 1. The number of hydrogen-bond acceptors (Lipinski definition) is 2. The first-order valence-corrected chi connectivity index (χ1v) is 5.43. The molecule has 0 spiro atoms. The SMILES string of the molecule is Cc1ccc(-c2c(N)cnn2C)c(Br)c1. The van der Waals surface area contributed by atoms with Crippen LogP contribution in [0.15, 0.2) is 28.9 Å². The summed E-state index contributed by atoms with van der Waals surface area (Å²) >= 11 is 3.54. The van der Waals surface area contributed by atoms with E-state index in [9.17, 15) is 0 Å². The van der Waals surface area contributed by atoms with Gasteiger partial charge in [0.05, 0.1) is 17.6 Å². The van der Waals surface area contributed by atoms with Crippen molar-refractivity contribution in [3.63, 3.8) is 0 Å². The molecule has 0 aliphatic rings. The van der Waals surface area contributed by atoms with E-state index in [4.69, 9.17) is 5.73 Å². The second-order valence-electron chi connectivity index (χ2n) is 3.56. The zero-order valence-electron chi connectivity index (χ0n) is 8.66. The number of nitrogen functional groups attached to an aromatic ring is 1. The second kappa shape index (κ2) is 3.70. The Labute approximate surface area is 97.0 Å². The number of rotatable bonds is 1. The van der Waals surface area contributed by atoms with Gasteiger partial charge in [0.1, 0.15) is 0 Å². The maximum atomic E-state index is 5.88. The van der Waals surface area contributed by atoms with Gasteiger partial charge in [-0.05, 0) is 18.6 Å². The third-order valence-electron chi connectivity index (χ3n) is 2.35. The van der Waals surface area contributed by atoms with Crippen LogP contribution in [0.2, 0.25) is 0 Å². The van der Waals surface area contributed by atoms with Crippen molar-refractivity contribution in [2.24, 2.45) is 7.05 Å². The Morgan fingerprint density at radius 2 is 2.13 bits per heavy atom. The van der Waals surface area contributed by atoms with Gasteiger partial charge < -0.3 is 5.73 Å². The van der Waals surface area contributed by atoms with Crippen LogP contribution in [0, 0.1) is 6.92 Å². The van der Waals surface area contributed by atoms with E-state index in [1.165, 1.54) is 5.56 Å². The molecule has 0 bridgehead atoms. The van der Waals surface area contributed by atoms with Crippen LogP contribution in [-0.2, 0) is 7.05 Å². The van der Waals surface area contributed by atoms with Crippen molar-refractivity contribution in [1.29, 1.82) is 0 Å². The van der Waals surface area contributed by atoms with E-state index in [0.29, 0.717) is 5.69 Å². The highest BCUT2D eigenvalue weighted by atomic mass is 79.9. The predicted molar refractivity (Wildman–Crippen MR) is 65.5 cm³/mol. The summed E-state index contributed by atoms with van der Waals surface area (Å²) in [4.78, 5) is 0. The van der Waals surface area contributed by atoms with E-state index in [1.807, 2.05) is 13.1 Å².